The van der Waals surface area contributed by atoms with Crippen LogP contribution in [0, 0.1) is 12.7 Å². The van der Waals surface area contributed by atoms with Gasteiger partial charge in [-0.3, -0.25) is 0 Å². The van der Waals surface area contributed by atoms with Crippen molar-refractivity contribution < 1.29 is 4.39 Å². The summed E-state index contributed by atoms with van der Waals surface area (Å²) in [6, 6.07) is 10.8. The fourth-order valence-corrected chi connectivity index (χ4v) is 2.55. The minimum atomic E-state index is -0.312. The zero-order valence-electron chi connectivity index (χ0n) is 11.8. The van der Waals surface area contributed by atoms with Crippen LogP contribution in [0.3, 0.4) is 0 Å². The predicted octanol–water partition coefficient (Wildman–Crippen LogP) is 4.96. The zero-order valence-corrected chi connectivity index (χ0v) is 12.6. The van der Waals surface area contributed by atoms with Gasteiger partial charge in [0, 0.05) is 10.9 Å². The average Bonchev–Trinajstić information content (AvgIpc) is 2.48. The largest absolute Gasteiger partial charge is 0.228 e. The number of fused-ring (bicyclic) bond motifs is 1. The third-order valence-corrected chi connectivity index (χ3v) is 3.78. The highest BCUT2D eigenvalue weighted by Gasteiger charge is 2.12. The van der Waals surface area contributed by atoms with Gasteiger partial charge in [0.25, 0.3) is 0 Å². The summed E-state index contributed by atoms with van der Waals surface area (Å²) in [6.45, 7) is 3.99. The fraction of sp³-hybridized carbons (Fsp3) is 0.176. The van der Waals surface area contributed by atoms with Gasteiger partial charge in [0.1, 0.15) is 11.0 Å². The number of hydrogen-bond donors (Lipinski definition) is 0. The summed E-state index contributed by atoms with van der Waals surface area (Å²) < 4.78 is 13.6. The lowest BCUT2D eigenvalue weighted by Crippen LogP contribution is -1.96. The van der Waals surface area contributed by atoms with Gasteiger partial charge in [-0.1, -0.05) is 48.4 Å². The maximum absolute atomic E-state index is 13.6. The van der Waals surface area contributed by atoms with Gasteiger partial charge in [0.05, 0.1) is 5.52 Å². The molecule has 0 aliphatic carbocycles. The Kier molecular flexibility index (Phi) is 3.60. The van der Waals surface area contributed by atoms with Crippen molar-refractivity contribution >= 4 is 22.5 Å². The van der Waals surface area contributed by atoms with Crippen LogP contribution in [0.5, 0.6) is 0 Å². The van der Waals surface area contributed by atoms with Crippen molar-refractivity contribution in [2.24, 2.45) is 0 Å². The van der Waals surface area contributed by atoms with E-state index in [2.05, 4.69) is 9.97 Å². The van der Waals surface area contributed by atoms with E-state index < -0.39 is 0 Å². The van der Waals surface area contributed by atoms with Crippen LogP contribution in [-0.2, 0) is 6.42 Å². The Morgan fingerprint density at radius 2 is 1.81 bits per heavy atom. The van der Waals surface area contributed by atoms with Crippen molar-refractivity contribution in [2.45, 2.75) is 20.3 Å². The van der Waals surface area contributed by atoms with E-state index in [1.54, 1.807) is 0 Å². The van der Waals surface area contributed by atoms with Crippen LogP contribution < -0.4 is 0 Å². The van der Waals surface area contributed by atoms with Crippen molar-refractivity contribution in [3.63, 3.8) is 0 Å². The molecule has 0 aliphatic heterocycles. The summed E-state index contributed by atoms with van der Waals surface area (Å²) in [7, 11) is 0. The molecule has 0 N–H and O–H groups in total. The fourth-order valence-electron chi connectivity index (χ4n) is 2.33. The van der Waals surface area contributed by atoms with Crippen LogP contribution in [0.4, 0.5) is 4.39 Å². The van der Waals surface area contributed by atoms with E-state index in [1.807, 2.05) is 38.1 Å². The Morgan fingerprint density at radius 1 is 1.10 bits per heavy atom. The van der Waals surface area contributed by atoms with Crippen LogP contribution >= 0.6 is 11.6 Å². The van der Waals surface area contributed by atoms with Crippen LogP contribution in [0.25, 0.3) is 22.3 Å². The molecule has 0 saturated heterocycles. The van der Waals surface area contributed by atoms with Crippen molar-refractivity contribution in [3.05, 3.63) is 58.5 Å². The first-order valence-electron chi connectivity index (χ1n) is 6.81. The number of hydrogen-bond acceptors (Lipinski definition) is 2. The quantitative estimate of drug-likeness (QED) is 0.625. The van der Waals surface area contributed by atoms with Crippen LogP contribution in [0.1, 0.15) is 18.1 Å². The Balaban J connectivity index is 2.27. The first-order chi connectivity index (χ1) is 10.1. The molecule has 3 aromatic rings. The Bertz CT molecular complexity index is 813. The highest BCUT2D eigenvalue weighted by atomic mass is 35.5. The molecule has 0 spiro atoms. The molecule has 2 aromatic carbocycles. The van der Waals surface area contributed by atoms with Gasteiger partial charge in [0.2, 0.25) is 0 Å². The van der Waals surface area contributed by atoms with Gasteiger partial charge in [0.15, 0.2) is 5.82 Å². The molecule has 106 valence electrons. The van der Waals surface area contributed by atoms with Gasteiger partial charge in [-0.2, -0.15) is 0 Å². The number of rotatable bonds is 2. The van der Waals surface area contributed by atoms with Gasteiger partial charge < -0.3 is 0 Å². The van der Waals surface area contributed by atoms with Crippen molar-refractivity contribution in [1.82, 2.24) is 9.97 Å². The molecule has 0 fully saturated rings. The lowest BCUT2D eigenvalue weighted by Gasteiger charge is -2.08. The van der Waals surface area contributed by atoms with E-state index in [1.165, 1.54) is 17.7 Å². The molecule has 1 heterocycles. The normalized spacial score (nSPS) is 11.0. The molecule has 2 nitrogen and oxygen atoms in total. The predicted molar refractivity (Wildman–Crippen MR) is 84.1 cm³/mol. The number of halogens is 2. The topological polar surface area (TPSA) is 25.8 Å². The summed E-state index contributed by atoms with van der Waals surface area (Å²) in [4.78, 5) is 8.89. The number of aryl methyl sites for hydroxylation is 2. The lowest BCUT2D eigenvalue weighted by molar-refractivity contribution is 0.627. The maximum Gasteiger partial charge on any atom is 0.161 e. The monoisotopic (exact) mass is 300 g/mol. The number of nitrogens with zero attached hydrogens (tertiary/aromatic N) is 2. The minimum absolute atomic E-state index is 0.282. The van der Waals surface area contributed by atoms with E-state index in [-0.39, 0.29) is 11.0 Å². The molecule has 0 radical (unpaired) electrons. The molecule has 4 heteroatoms. The maximum atomic E-state index is 13.6. The molecule has 0 saturated carbocycles. The second kappa shape index (κ2) is 5.41. The summed E-state index contributed by atoms with van der Waals surface area (Å²) in [5.41, 5.74) is 3.62. The van der Waals surface area contributed by atoms with Gasteiger partial charge in [-0.25, -0.2) is 14.4 Å². The van der Waals surface area contributed by atoms with Crippen molar-refractivity contribution in [1.29, 1.82) is 0 Å². The second-order valence-corrected chi connectivity index (χ2v) is 5.38. The van der Waals surface area contributed by atoms with Crippen LogP contribution in [0.15, 0.2) is 36.4 Å². The van der Waals surface area contributed by atoms with E-state index >= 15 is 0 Å². The molecule has 0 atom stereocenters. The first kappa shape index (κ1) is 14.0. The molecule has 0 unspecified atom stereocenters. The van der Waals surface area contributed by atoms with E-state index in [4.69, 9.17) is 11.6 Å². The van der Waals surface area contributed by atoms with Crippen LogP contribution in [0.2, 0.25) is 5.15 Å². The smallest absolute Gasteiger partial charge is 0.161 e. The third-order valence-electron chi connectivity index (χ3n) is 3.49. The second-order valence-electron chi connectivity index (χ2n) is 5.02. The third kappa shape index (κ3) is 2.61. The summed E-state index contributed by atoms with van der Waals surface area (Å²) in [5.74, 6) is 0.252. The molecule has 21 heavy (non-hydrogen) atoms. The molecular formula is C17H14ClFN2. The Hall–Kier alpha value is -2.00. The summed E-state index contributed by atoms with van der Waals surface area (Å²) in [6.07, 6.45) is 0.689. The molecule has 0 bridgehead atoms. The first-order valence-corrected chi connectivity index (χ1v) is 7.19. The minimum Gasteiger partial charge on any atom is -0.228 e. The van der Waals surface area contributed by atoms with Crippen molar-refractivity contribution in [3.8, 4) is 11.4 Å². The molecule has 3 rings (SSSR count). The van der Waals surface area contributed by atoms with Crippen LogP contribution in [-0.4, -0.2) is 9.97 Å². The zero-order chi connectivity index (χ0) is 15.0. The van der Waals surface area contributed by atoms with Gasteiger partial charge in [-0.05, 0) is 31.0 Å². The number of benzene rings is 2. The Morgan fingerprint density at radius 3 is 2.48 bits per heavy atom. The average molecular weight is 301 g/mol. The summed E-state index contributed by atoms with van der Waals surface area (Å²) in [5, 5.41) is 0.842. The molecule has 0 aliphatic rings. The van der Waals surface area contributed by atoms with E-state index in [9.17, 15) is 4.39 Å². The van der Waals surface area contributed by atoms with Crippen molar-refractivity contribution in [2.75, 3.05) is 0 Å². The highest BCUT2D eigenvalue weighted by Crippen LogP contribution is 2.28. The molecular weight excluding hydrogens is 287 g/mol. The van der Waals surface area contributed by atoms with E-state index in [0.717, 1.165) is 16.6 Å². The van der Waals surface area contributed by atoms with Gasteiger partial charge >= 0.3 is 0 Å². The Labute approximate surface area is 127 Å². The lowest BCUT2D eigenvalue weighted by atomic mass is 10.1. The standard InChI is InChI=1S/C17H14ClFN2/c1-3-11-8-13(19)9-14-15(11)20-17(21-16(14)18)12-6-4-10(2)5-7-12/h4-9H,3H2,1-2H3. The highest BCUT2D eigenvalue weighted by molar-refractivity contribution is 6.34. The van der Waals surface area contributed by atoms with Gasteiger partial charge in [-0.15, -0.1) is 0 Å². The van der Waals surface area contributed by atoms with E-state index in [0.29, 0.717) is 17.6 Å². The molecule has 1 aromatic heterocycles. The SMILES string of the molecule is CCc1cc(F)cc2c(Cl)nc(-c3ccc(C)cc3)nc12. The molecule has 0 amide bonds. The number of aromatic nitrogens is 2. The summed E-state index contributed by atoms with van der Waals surface area (Å²) >= 11 is 6.23.